The first kappa shape index (κ1) is 15.6. The number of fused-ring (bicyclic) bond motifs is 1. The molecule has 0 unspecified atom stereocenters. The second-order valence-corrected chi connectivity index (χ2v) is 5.50. The quantitative estimate of drug-likeness (QED) is 0.589. The Hall–Kier alpha value is -3.28. The van der Waals surface area contributed by atoms with Crippen molar-refractivity contribution in [2.45, 2.75) is 13.3 Å². The van der Waals surface area contributed by atoms with E-state index in [2.05, 4.69) is 15.6 Å². The number of benzene rings is 2. The molecule has 3 aromatic rings. The van der Waals surface area contributed by atoms with Gasteiger partial charge in [-0.1, -0.05) is 18.2 Å². The van der Waals surface area contributed by atoms with Crippen LogP contribution in [0.4, 0.5) is 16.2 Å². The van der Waals surface area contributed by atoms with E-state index in [4.69, 9.17) is 5.11 Å². The molecule has 122 valence electrons. The highest BCUT2D eigenvalue weighted by Crippen LogP contribution is 2.26. The van der Waals surface area contributed by atoms with E-state index in [1.54, 1.807) is 24.3 Å². The summed E-state index contributed by atoms with van der Waals surface area (Å²) in [5.41, 5.74) is 3.68. The number of aryl methyl sites for hydroxylation is 1. The van der Waals surface area contributed by atoms with Crippen LogP contribution in [-0.2, 0) is 11.2 Å². The molecular weight excluding hydrogens is 306 g/mol. The highest BCUT2D eigenvalue weighted by Gasteiger charge is 2.13. The lowest BCUT2D eigenvalue weighted by atomic mass is 10.1. The largest absolute Gasteiger partial charge is 0.481 e. The molecule has 0 aliphatic heterocycles. The molecule has 0 fully saturated rings. The number of para-hydroxylation sites is 1. The van der Waals surface area contributed by atoms with Crippen molar-refractivity contribution in [1.29, 1.82) is 0 Å². The van der Waals surface area contributed by atoms with Crippen LogP contribution >= 0.6 is 0 Å². The number of H-pyrrole nitrogens is 1. The van der Waals surface area contributed by atoms with Gasteiger partial charge in [0, 0.05) is 28.0 Å². The van der Waals surface area contributed by atoms with Gasteiger partial charge in [0.25, 0.3) is 0 Å². The number of hydrogen-bond acceptors (Lipinski definition) is 2. The molecular formula is C18H17N3O3. The number of carbonyl (C=O) groups is 2. The second kappa shape index (κ2) is 6.45. The monoisotopic (exact) mass is 323 g/mol. The SMILES string of the molecule is Cc1[nH]c2ccc(NC(=O)Nc3ccccc3)cc2c1CC(=O)O. The fourth-order valence-corrected chi connectivity index (χ4v) is 2.65. The molecule has 0 saturated carbocycles. The van der Waals surface area contributed by atoms with Crippen LogP contribution in [-0.4, -0.2) is 22.1 Å². The first-order valence-electron chi connectivity index (χ1n) is 7.49. The van der Waals surface area contributed by atoms with Gasteiger partial charge < -0.3 is 20.7 Å². The van der Waals surface area contributed by atoms with Crippen LogP contribution in [0, 0.1) is 6.92 Å². The molecule has 0 aliphatic rings. The van der Waals surface area contributed by atoms with Crippen LogP contribution in [0.2, 0.25) is 0 Å². The Kier molecular flexibility index (Phi) is 4.20. The Morgan fingerprint density at radius 2 is 1.75 bits per heavy atom. The number of carboxylic acid groups (broad SMARTS) is 1. The lowest BCUT2D eigenvalue weighted by Gasteiger charge is -2.08. The highest BCUT2D eigenvalue weighted by molar-refractivity contribution is 6.01. The maximum absolute atomic E-state index is 12.1. The standard InChI is InChI=1S/C18H17N3O3/c1-11-14(10-17(22)23)15-9-13(7-8-16(15)19-11)21-18(24)20-12-5-3-2-4-6-12/h2-9,19H,10H2,1H3,(H,22,23)(H2,20,21,24). The second-order valence-electron chi connectivity index (χ2n) is 5.50. The first-order valence-corrected chi connectivity index (χ1v) is 7.49. The molecule has 0 spiro atoms. The molecule has 0 bridgehead atoms. The van der Waals surface area contributed by atoms with Gasteiger partial charge in [-0.2, -0.15) is 0 Å². The number of carbonyl (C=O) groups excluding carboxylic acids is 1. The van der Waals surface area contributed by atoms with E-state index in [0.717, 1.165) is 22.2 Å². The van der Waals surface area contributed by atoms with E-state index < -0.39 is 5.97 Å². The Morgan fingerprint density at radius 1 is 1.04 bits per heavy atom. The molecule has 0 atom stereocenters. The van der Waals surface area contributed by atoms with Gasteiger partial charge in [0.2, 0.25) is 0 Å². The zero-order valence-corrected chi connectivity index (χ0v) is 13.1. The molecule has 0 aliphatic carbocycles. The van der Waals surface area contributed by atoms with Crippen molar-refractivity contribution in [2.75, 3.05) is 10.6 Å². The summed E-state index contributed by atoms with van der Waals surface area (Å²) in [5.74, 6) is -0.890. The zero-order chi connectivity index (χ0) is 17.1. The van der Waals surface area contributed by atoms with Crippen LogP contribution in [0.15, 0.2) is 48.5 Å². The Labute approximate surface area is 138 Å². The van der Waals surface area contributed by atoms with Gasteiger partial charge in [0.05, 0.1) is 6.42 Å². The number of nitrogens with one attached hydrogen (secondary N) is 3. The molecule has 3 rings (SSSR count). The van der Waals surface area contributed by atoms with Crippen LogP contribution in [0.5, 0.6) is 0 Å². The number of aliphatic carboxylic acids is 1. The number of hydrogen-bond donors (Lipinski definition) is 4. The number of carboxylic acids is 1. The summed E-state index contributed by atoms with van der Waals surface area (Å²) < 4.78 is 0. The van der Waals surface area contributed by atoms with Gasteiger partial charge in [-0.15, -0.1) is 0 Å². The van der Waals surface area contributed by atoms with E-state index in [1.807, 2.05) is 31.2 Å². The van der Waals surface area contributed by atoms with Gasteiger partial charge in [0.15, 0.2) is 0 Å². The van der Waals surface area contributed by atoms with Crippen LogP contribution in [0.3, 0.4) is 0 Å². The maximum Gasteiger partial charge on any atom is 0.323 e. The number of amides is 2. The van der Waals surface area contributed by atoms with Gasteiger partial charge in [-0.25, -0.2) is 4.79 Å². The summed E-state index contributed by atoms with van der Waals surface area (Å²) in [4.78, 5) is 26.3. The smallest absolute Gasteiger partial charge is 0.323 e. The Morgan fingerprint density at radius 3 is 2.46 bits per heavy atom. The first-order chi connectivity index (χ1) is 11.5. The third-order valence-electron chi connectivity index (χ3n) is 3.74. The summed E-state index contributed by atoms with van der Waals surface area (Å²) in [6.45, 7) is 1.84. The predicted octanol–water partition coefficient (Wildman–Crippen LogP) is 3.75. The number of aromatic amines is 1. The normalized spacial score (nSPS) is 10.5. The van der Waals surface area contributed by atoms with E-state index >= 15 is 0 Å². The van der Waals surface area contributed by atoms with Gasteiger partial charge in [-0.05, 0) is 42.8 Å². The topological polar surface area (TPSA) is 94.2 Å². The predicted molar refractivity (Wildman–Crippen MR) is 93.5 cm³/mol. The van der Waals surface area contributed by atoms with Crippen molar-refractivity contribution >= 4 is 34.3 Å². The van der Waals surface area contributed by atoms with Gasteiger partial charge >= 0.3 is 12.0 Å². The third kappa shape index (κ3) is 3.38. The average Bonchev–Trinajstić information content (AvgIpc) is 2.83. The average molecular weight is 323 g/mol. The van der Waals surface area contributed by atoms with Crippen molar-refractivity contribution in [3.05, 3.63) is 59.8 Å². The lowest BCUT2D eigenvalue weighted by molar-refractivity contribution is -0.136. The third-order valence-corrected chi connectivity index (χ3v) is 3.74. The fourth-order valence-electron chi connectivity index (χ4n) is 2.65. The number of aromatic nitrogens is 1. The molecule has 0 saturated heterocycles. The van der Waals surface area contributed by atoms with Crippen LogP contribution < -0.4 is 10.6 Å². The lowest BCUT2D eigenvalue weighted by Crippen LogP contribution is -2.19. The summed E-state index contributed by atoms with van der Waals surface area (Å²) in [6.07, 6.45) is -0.0640. The minimum atomic E-state index is -0.890. The Bertz CT molecular complexity index is 901. The summed E-state index contributed by atoms with van der Waals surface area (Å²) in [6, 6.07) is 14.2. The number of urea groups is 1. The van der Waals surface area contributed by atoms with Crippen LogP contribution in [0.25, 0.3) is 10.9 Å². The molecule has 2 amide bonds. The molecule has 6 heteroatoms. The van der Waals surface area contributed by atoms with E-state index in [1.165, 1.54) is 0 Å². The van der Waals surface area contributed by atoms with Crippen molar-refractivity contribution in [1.82, 2.24) is 4.98 Å². The minimum Gasteiger partial charge on any atom is -0.481 e. The molecule has 1 aromatic heterocycles. The van der Waals surface area contributed by atoms with E-state index in [-0.39, 0.29) is 12.5 Å². The number of rotatable bonds is 4. The zero-order valence-electron chi connectivity index (χ0n) is 13.1. The molecule has 2 aromatic carbocycles. The molecule has 24 heavy (non-hydrogen) atoms. The summed E-state index contributed by atoms with van der Waals surface area (Å²) in [5, 5.41) is 15.4. The van der Waals surface area contributed by atoms with Gasteiger partial charge in [-0.3, -0.25) is 4.79 Å². The van der Waals surface area contributed by atoms with Crippen molar-refractivity contribution in [3.8, 4) is 0 Å². The van der Waals surface area contributed by atoms with Crippen molar-refractivity contribution < 1.29 is 14.7 Å². The highest BCUT2D eigenvalue weighted by atomic mass is 16.4. The van der Waals surface area contributed by atoms with E-state index in [9.17, 15) is 9.59 Å². The maximum atomic E-state index is 12.1. The van der Waals surface area contributed by atoms with Crippen molar-refractivity contribution in [3.63, 3.8) is 0 Å². The molecule has 6 nitrogen and oxygen atoms in total. The Balaban J connectivity index is 1.82. The van der Waals surface area contributed by atoms with E-state index in [0.29, 0.717) is 11.4 Å². The summed E-state index contributed by atoms with van der Waals surface area (Å²) >= 11 is 0. The van der Waals surface area contributed by atoms with Gasteiger partial charge in [0.1, 0.15) is 0 Å². The van der Waals surface area contributed by atoms with Crippen LogP contribution in [0.1, 0.15) is 11.3 Å². The molecule has 0 radical (unpaired) electrons. The fraction of sp³-hybridized carbons (Fsp3) is 0.111. The molecule has 4 N–H and O–H groups in total. The summed E-state index contributed by atoms with van der Waals surface area (Å²) in [7, 11) is 0. The minimum absolute atomic E-state index is 0.0640. The number of anilines is 2. The molecule has 1 heterocycles. The van der Waals surface area contributed by atoms with Crippen molar-refractivity contribution in [2.24, 2.45) is 0 Å².